The maximum atomic E-state index is 13.4. The van der Waals surface area contributed by atoms with E-state index in [9.17, 15) is 4.39 Å². The standard InChI is InChI=1S/C11H11FN2O2/c1-15-11-3-2-7(4-9(11)12)10-5-8(6-13)16-14-10/h2-5H,6,13H2,1H3. The summed E-state index contributed by atoms with van der Waals surface area (Å²) in [6, 6.07) is 6.28. The molecule has 0 fully saturated rings. The Labute approximate surface area is 91.8 Å². The van der Waals surface area contributed by atoms with Crippen molar-refractivity contribution in [1.29, 1.82) is 0 Å². The number of nitrogens with zero attached hydrogens (tertiary/aromatic N) is 1. The van der Waals surface area contributed by atoms with E-state index in [0.717, 1.165) is 0 Å². The average Bonchev–Trinajstić information content (AvgIpc) is 2.77. The van der Waals surface area contributed by atoms with Gasteiger partial charge < -0.3 is 15.0 Å². The van der Waals surface area contributed by atoms with Crippen molar-refractivity contribution in [3.63, 3.8) is 0 Å². The van der Waals surface area contributed by atoms with Gasteiger partial charge >= 0.3 is 0 Å². The third-order valence-corrected chi connectivity index (χ3v) is 2.21. The van der Waals surface area contributed by atoms with Gasteiger partial charge in [-0.25, -0.2) is 4.39 Å². The quantitative estimate of drug-likeness (QED) is 0.862. The van der Waals surface area contributed by atoms with Crippen molar-refractivity contribution in [3.8, 4) is 17.0 Å². The maximum Gasteiger partial charge on any atom is 0.165 e. The lowest BCUT2D eigenvalue weighted by Crippen LogP contribution is -1.92. The highest BCUT2D eigenvalue weighted by atomic mass is 19.1. The van der Waals surface area contributed by atoms with E-state index in [-0.39, 0.29) is 12.3 Å². The van der Waals surface area contributed by atoms with Gasteiger partial charge in [0.05, 0.1) is 13.7 Å². The number of aromatic nitrogens is 1. The molecule has 1 heterocycles. The highest BCUT2D eigenvalue weighted by Crippen LogP contribution is 2.25. The number of benzene rings is 1. The summed E-state index contributed by atoms with van der Waals surface area (Å²) in [5.41, 5.74) is 6.57. The molecule has 0 spiro atoms. The lowest BCUT2D eigenvalue weighted by Gasteiger charge is -2.02. The third-order valence-electron chi connectivity index (χ3n) is 2.21. The predicted molar refractivity (Wildman–Crippen MR) is 56.3 cm³/mol. The summed E-state index contributed by atoms with van der Waals surface area (Å²) in [6.07, 6.45) is 0. The van der Waals surface area contributed by atoms with E-state index >= 15 is 0 Å². The highest BCUT2D eigenvalue weighted by molar-refractivity contribution is 5.60. The molecule has 0 unspecified atom stereocenters. The van der Waals surface area contributed by atoms with Gasteiger partial charge in [-0.1, -0.05) is 5.16 Å². The summed E-state index contributed by atoms with van der Waals surface area (Å²) in [5.74, 6) is 0.329. The fraction of sp³-hybridized carbons (Fsp3) is 0.182. The van der Waals surface area contributed by atoms with Crippen molar-refractivity contribution in [2.45, 2.75) is 6.54 Å². The van der Waals surface area contributed by atoms with Crippen LogP contribution in [0.25, 0.3) is 11.3 Å². The predicted octanol–water partition coefficient (Wildman–Crippen LogP) is 1.95. The molecule has 84 valence electrons. The molecule has 0 saturated heterocycles. The van der Waals surface area contributed by atoms with Crippen LogP contribution in [0.15, 0.2) is 28.8 Å². The summed E-state index contributed by atoms with van der Waals surface area (Å²) in [4.78, 5) is 0. The second kappa shape index (κ2) is 4.32. The minimum atomic E-state index is -0.433. The van der Waals surface area contributed by atoms with Gasteiger partial charge in [-0.3, -0.25) is 0 Å². The molecule has 2 N–H and O–H groups in total. The fourth-order valence-electron chi connectivity index (χ4n) is 1.37. The Morgan fingerprint density at radius 2 is 2.25 bits per heavy atom. The monoisotopic (exact) mass is 222 g/mol. The van der Waals surface area contributed by atoms with E-state index in [0.29, 0.717) is 17.0 Å². The minimum Gasteiger partial charge on any atom is -0.494 e. The Morgan fingerprint density at radius 1 is 1.44 bits per heavy atom. The van der Waals surface area contributed by atoms with Gasteiger partial charge in [0.2, 0.25) is 0 Å². The van der Waals surface area contributed by atoms with Crippen LogP contribution in [0.5, 0.6) is 5.75 Å². The Balaban J connectivity index is 2.37. The van der Waals surface area contributed by atoms with Crippen molar-refractivity contribution in [3.05, 3.63) is 35.8 Å². The van der Waals surface area contributed by atoms with Crippen LogP contribution in [0.1, 0.15) is 5.76 Å². The van der Waals surface area contributed by atoms with Crippen LogP contribution in [0.3, 0.4) is 0 Å². The SMILES string of the molecule is COc1ccc(-c2cc(CN)on2)cc1F. The van der Waals surface area contributed by atoms with Crippen LogP contribution in [0.4, 0.5) is 4.39 Å². The van der Waals surface area contributed by atoms with Gasteiger partial charge in [0.15, 0.2) is 17.3 Å². The molecule has 0 atom stereocenters. The minimum absolute atomic E-state index is 0.200. The zero-order valence-electron chi connectivity index (χ0n) is 8.74. The average molecular weight is 222 g/mol. The second-order valence-electron chi connectivity index (χ2n) is 3.23. The topological polar surface area (TPSA) is 61.3 Å². The van der Waals surface area contributed by atoms with Crippen LogP contribution in [-0.2, 0) is 6.54 Å². The summed E-state index contributed by atoms with van der Waals surface area (Å²) in [6.45, 7) is 0.269. The largest absolute Gasteiger partial charge is 0.494 e. The molecule has 1 aromatic heterocycles. The maximum absolute atomic E-state index is 13.4. The molecule has 0 aliphatic heterocycles. The molecule has 0 amide bonds. The molecule has 4 nitrogen and oxygen atoms in total. The van der Waals surface area contributed by atoms with Gasteiger partial charge in [-0.2, -0.15) is 0 Å². The fourth-order valence-corrected chi connectivity index (χ4v) is 1.37. The van der Waals surface area contributed by atoms with E-state index in [2.05, 4.69) is 5.16 Å². The van der Waals surface area contributed by atoms with Crippen LogP contribution >= 0.6 is 0 Å². The van der Waals surface area contributed by atoms with Crippen molar-refractivity contribution in [2.75, 3.05) is 7.11 Å². The van der Waals surface area contributed by atoms with Crippen molar-refractivity contribution < 1.29 is 13.7 Å². The van der Waals surface area contributed by atoms with E-state index in [4.69, 9.17) is 15.0 Å². The van der Waals surface area contributed by atoms with E-state index in [1.54, 1.807) is 18.2 Å². The molecule has 0 radical (unpaired) electrons. The van der Waals surface area contributed by atoms with Crippen molar-refractivity contribution in [1.82, 2.24) is 5.16 Å². The zero-order valence-corrected chi connectivity index (χ0v) is 8.74. The lowest BCUT2D eigenvalue weighted by molar-refractivity contribution is 0.385. The molecule has 16 heavy (non-hydrogen) atoms. The second-order valence-corrected chi connectivity index (χ2v) is 3.23. The van der Waals surface area contributed by atoms with Crippen molar-refractivity contribution in [2.24, 2.45) is 5.73 Å². The zero-order chi connectivity index (χ0) is 11.5. The highest BCUT2D eigenvalue weighted by Gasteiger charge is 2.09. The summed E-state index contributed by atoms with van der Waals surface area (Å²) >= 11 is 0. The molecule has 1 aromatic carbocycles. The first kappa shape index (κ1) is 10.6. The number of nitrogens with two attached hydrogens (primary N) is 1. The summed E-state index contributed by atoms with van der Waals surface area (Å²) in [7, 11) is 1.42. The molecule has 2 rings (SSSR count). The van der Waals surface area contributed by atoms with Gasteiger partial charge in [0.1, 0.15) is 5.69 Å². The first-order chi connectivity index (χ1) is 7.74. The molecule has 0 aliphatic rings. The van der Waals surface area contributed by atoms with E-state index < -0.39 is 5.82 Å². The Hall–Kier alpha value is -1.88. The normalized spacial score (nSPS) is 10.4. The van der Waals surface area contributed by atoms with Crippen LogP contribution in [0.2, 0.25) is 0 Å². The molecule has 5 heteroatoms. The summed E-state index contributed by atoms with van der Waals surface area (Å²) in [5, 5.41) is 3.79. The third kappa shape index (κ3) is 1.90. The van der Waals surface area contributed by atoms with Crippen LogP contribution in [0, 0.1) is 5.82 Å². The Morgan fingerprint density at radius 3 is 2.81 bits per heavy atom. The van der Waals surface area contributed by atoms with Gasteiger partial charge in [0.25, 0.3) is 0 Å². The number of halogens is 1. The van der Waals surface area contributed by atoms with E-state index in [1.165, 1.54) is 13.2 Å². The number of methoxy groups -OCH3 is 1. The van der Waals surface area contributed by atoms with Gasteiger partial charge in [-0.15, -0.1) is 0 Å². The first-order valence-corrected chi connectivity index (χ1v) is 4.74. The molecule has 0 aliphatic carbocycles. The molecular formula is C11H11FN2O2. The van der Waals surface area contributed by atoms with Crippen LogP contribution < -0.4 is 10.5 Å². The molecule has 0 saturated carbocycles. The van der Waals surface area contributed by atoms with Gasteiger partial charge in [-0.05, 0) is 18.2 Å². The van der Waals surface area contributed by atoms with Crippen molar-refractivity contribution >= 4 is 0 Å². The smallest absolute Gasteiger partial charge is 0.165 e. The van der Waals surface area contributed by atoms with E-state index in [1.807, 2.05) is 0 Å². The summed E-state index contributed by atoms with van der Waals surface area (Å²) < 4.78 is 23.2. The first-order valence-electron chi connectivity index (χ1n) is 4.74. The Bertz CT molecular complexity index is 496. The lowest BCUT2D eigenvalue weighted by atomic mass is 10.1. The molecule has 2 aromatic rings. The molecule has 0 bridgehead atoms. The Kier molecular flexibility index (Phi) is 2.87. The number of hydrogen-bond acceptors (Lipinski definition) is 4. The number of hydrogen-bond donors (Lipinski definition) is 1. The number of ether oxygens (including phenoxy) is 1. The number of rotatable bonds is 3. The molecular weight excluding hydrogens is 211 g/mol. The van der Waals surface area contributed by atoms with Gasteiger partial charge in [0, 0.05) is 11.6 Å². The van der Waals surface area contributed by atoms with Crippen LogP contribution in [-0.4, -0.2) is 12.3 Å².